The Labute approximate surface area is 66.3 Å². The van der Waals surface area contributed by atoms with E-state index in [9.17, 15) is 0 Å². The highest BCUT2D eigenvalue weighted by molar-refractivity contribution is 5.79. The van der Waals surface area contributed by atoms with Crippen molar-refractivity contribution in [1.29, 1.82) is 0 Å². The fourth-order valence-electron chi connectivity index (χ4n) is 0.823. The van der Waals surface area contributed by atoms with Crippen molar-refractivity contribution in [2.45, 2.75) is 0 Å². The molecule has 0 aliphatic carbocycles. The number of hydrogen-bond donors (Lipinski definition) is 1. The van der Waals surface area contributed by atoms with Gasteiger partial charge < -0.3 is 5.32 Å². The average Bonchev–Trinajstić information content (AvgIpc) is 2.39. The van der Waals surface area contributed by atoms with Crippen LogP contribution in [0.4, 0.5) is 0 Å². The number of rotatable bonds is 3. The first-order valence-electron chi connectivity index (χ1n) is 3.33. The standard InChI is InChI=1S/C9H10N2/c1-3-5-8-9(10-4-2)6-7-11-8/h3-7,10H,1-2H2/b8-5+. The van der Waals surface area contributed by atoms with Crippen LogP contribution in [-0.2, 0) is 0 Å². The Bertz CT molecular complexity index is 257. The second-order valence-corrected chi connectivity index (χ2v) is 1.99. The van der Waals surface area contributed by atoms with Gasteiger partial charge in [-0.15, -0.1) is 0 Å². The Kier molecular flexibility index (Phi) is 2.44. The van der Waals surface area contributed by atoms with Gasteiger partial charge in [0.25, 0.3) is 0 Å². The van der Waals surface area contributed by atoms with Crippen molar-refractivity contribution in [2.75, 3.05) is 0 Å². The van der Waals surface area contributed by atoms with E-state index in [1.54, 1.807) is 18.5 Å². The third-order valence-corrected chi connectivity index (χ3v) is 1.26. The fourth-order valence-corrected chi connectivity index (χ4v) is 0.823. The Hall–Kier alpha value is -1.57. The van der Waals surface area contributed by atoms with Gasteiger partial charge in [0, 0.05) is 6.21 Å². The summed E-state index contributed by atoms with van der Waals surface area (Å²) in [6.07, 6.45) is 8.79. The summed E-state index contributed by atoms with van der Waals surface area (Å²) >= 11 is 0. The molecule has 0 unspecified atom stereocenters. The van der Waals surface area contributed by atoms with E-state index in [0.29, 0.717) is 0 Å². The molecule has 1 heterocycles. The van der Waals surface area contributed by atoms with Gasteiger partial charge in [-0.2, -0.15) is 0 Å². The van der Waals surface area contributed by atoms with Crippen LogP contribution >= 0.6 is 0 Å². The predicted molar refractivity (Wildman–Crippen MR) is 48.2 cm³/mol. The summed E-state index contributed by atoms with van der Waals surface area (Å²) in [5, 5.41) is 2.96. The van der Waals surface area contributed by atoms with Crippen molar-refractivity contribution in [3.63, 3.8) is 0 Å². The van der Waals surface area contributed by atoms with E-state index < -0.39 is 0 Å². The lowest BCUT2D eigenvalue weighted by Crippen LogP contribution is -2.03. The second-order valence-electron chi connectivity index (χ2n) is 1.99. The first-order valence-corrected chi connectivity index (χ1v) is 3.33. The predicted octanol–water partition coefficient (Wildman–Crippen LogP) is 1.76. The van der Waals surface area contributed by atoms with E-state index in [2.05, 4.69) is 23.5 Å². The van der Waals surface area contributed by atoms with Crippen LogP contribution in [0.25, 0.3) is 0 Å². The minimum Gasteiger partial charge on any atom is -0.360 e. The lowest BCUT2D eigenvalue weighted by Gasteiger charge is -2.00. The molecule has 0 saturated carbocycles. The zero-order chi connectivity index (χ0) is 8.10. The monoisotopic (exact) mass is 146 g/mol. The van der Waals surface area contributed by atoms with E-state index in [0.717, 1.165) is 11.4 Å². The van der Waals surface area contributed by atoms with Gasteiger partial charge in [0.1, 0.15) is 0 Å². The summed E-state index contributed by atoms with van der Waals surface area (Å²) in [5.74, 6) is 0. The van der Waals surface area contributed by atoms with E-state index in [1.807, 2.05) is 12.2 Å². The molecule has 0 aromatic heterocycles. The van der Waals surface area contributed by atoms with E-state index >= 15 is 0 Å². The largest absolute Gasteiger partial charge is 0.360 e. The van der Waals surface area contributed by atoms with Crippen LogP contribution in [0, 0.1) is 0 Å². The van der Waals surface area contributed by atoms with Gasteiger partial charge >= 0.3 is 0 Å². The van der Waals surface area contributed by atoms with Crippen molar-refractivity contribution in [1.82, 2.24) is 5.32 Å². The summed E-state index contributed by atoms with van der Waals surface area (Å²) in [6, 6.07) is 0. The normalized spacial score (nSPS) is 18.2. The van der Waals surface area contributed by atoms with Gasteiger partial charge in [-0.3, -0.25) is 4.99 Å². The third-order valence-electron chi connectivity index (χ3n) is 1.26. The summed E-state index contributed by atoms with van der Waals surface area (Å²) in [7, 11) is 0. The van der Waals surface area contributed by atoms with Gasteiger partial charge in [-0.1, -0.05) is 19.2 Å². The Morgan fingerprint density at radius 3 is 2.91 bits per heavy atom. The molecule has 0 saturated heterocycles. The maximum absolute atomic E-state index is 4.09. The smallest absolute Gasteiger partial charge is 0.0864 e. The molecule has 0 aromatic carbocycles. The summed E-state index contributed by atoms with van der Waals surface area (Å²) in [5.41, 5.74) is 1.85. The molecule has 1 aliphatic heterocycles. The van der Waals surface area contributed by atoms with Gasteiger partial charge in [0.2, 0.25) is 0 Å². The third kappa shape index (κ3) is 1.67. The topological polar surface area (TPSA) is 24.4 Å². The minimum atomic E-state index is 0.889. The van der Waals surface area contributed by atoms with Crippen molar-refractivity contribution in [3.8, 4) is 0 Å². The van der Waals surface area contributed by atoms with Crippen LogP contribution in [0.5, 0.6) is 0 Å². The van der Waals surface area contributed by atoms with Crippen LogP contribution in [0.1, 0.15) is 0 Å². The minimum absolute atomic E-state index is 0.889. The number of aliphatic imine (C=N–C) groups is 1. The maximum Gasteiger partial charge on any atom is 0.0864 e. The molecule has 0 amide bonds. The van der Waals surface area contributed by atoms with Crippen molar-refractivity contribution in [2.24, 2.45) is 4.99 Å². The summed E-state index contributed by atoms with van der Waals surface area (Å²) < 4.78 is 0. The van der Waals surface area contributed by atoms with Crippen LogP contribution in [0.3, 0.4) is 0 Å². The molecule has 2 nitrogen and oxygen atoms in total. The molecule has 0 atom stereocenters. The maximum atomic E-state index is 4.09. The van der Waals surface area contributed by atoms with Gasteiger partial charge in [0.15, 0.2) is 0 Å². The fraction of sp³-hybridized carbons (Fsp3) is 0. The Morgan fingerprint density at radius 1 is 1.45 bits per heavy atom. The first kappa shape index (κ1) is 7.54. The Morgan fingerprint density at radius 2 is 2.27 bits per heavy atom. The molecule has 0 aromatic rings. The van der Waals surface area contributed by atoms with Crippen molar-refractivity contribution in [3.05, 3.63) is 49.0 Å². The van der Waals surface area contributed by atoms with E-state index in [1.165, 1.54) is 0 Å². The average molecular weight is 146 g/mol. The SMILES string of the molecule is C=C/C=C1/N=CC=C1NC=C. The zero-order valence-electron chi connectivity index (χ0n) is 6.25. The summed E-state index contributed by atoms with van der Waals surface area (Å²) in [4.78, 5) is 4.09. The van der Waals surface area contributed by atoms with Crippen LogP contribution in [-0.4, -0.2) is 6.21 Å². The lowest BCUT2D eigenvalue weighted by molar-refractivity contribution is 1.08. The quantitative estimate of drug-likeness (QED) is 0.644. The number of allylic oxidation sites excluding steroid dienone is 3. The molecule has 1 N–H and O–H groups in total. The van der Waals surface area contributed by atoms with Gasteiger partial charge in [-0.25, -0.2) is 0 Å². The summed E-state index contributed by atoms with van der Waals surface area (Å²) in [6.45, 7) is 7.15. The highest BCUT2D eigenvalue weighted by Gasteiger charge is 2.03. The van der Waals surface area contributed by atoms with Gasteiger partial charge in [-0.05, 0) is 18.4 Å². The lowest BCUT2D eigenvalue weighted by atomic mass is 10.3. The van der Waals surface area contributed by atoms with Crippen LogP contribution in [0.15, 0.2) is 54.0 Å². The van der Waals surface area contributed by atoms with Crippen LogP contribution in [0.2, 0.25) is 0 Å². The molecule has 0 bridgehead atoms. The van der Waals surface area contributed by atoms with Crippen molar-refractivity contribution < 1.29 is 0 Å². The number of hydrogen-bond acceptors (Lipinski definition) is 2. The molecule has 11 heavy (non-hydrogen) atoms. The molecule has 1 rings (SSSR count). The zero-order valence-corrected chi connectivity index (χ0v) is 6.25. The van der Waals surface area contributed by atoms with E-state index in [4.69, 9.17) is 0 Å². The molecule has 0 radical (unpaired) electrons. The molecular formula is C9H10N2. The molecule has 2 heteroatoms. The number of nitrogens with zero attached hydrogens (tertiary/aromatic N) is 1. The first-order chi connectivity index (χ1) is 5.38. The Balaban J connectivity index is 2.76. The highest BCUT2D eigenvalue weighted by Crippen LogP contribution is 2.12. The molecule has 1 aliphatic rings. The second kappa shape index (κ2) is 3.56. The molecule has 56 valence electrons. The highest BCUT2D eigenvalue weighted by atomic mass is 14.9. The number of nitrogens with one attached hydrogen (secondary N) is 1. The van der Waals surface area contributed by atoms with E-state index in [-0.39, 0.29) is 0 Å². The van der Waals surface area contributed by atoms with Crippen molar-refractivity contribution >= 4 is 6.21 Å². The molecule has 0 spiro atoms. The molecule has 0 fully saturated rings. The molecular weight excluding hydrogens is 136 g/mol. The van der Waals surface area contributed by atoms with Gasteiger partial charge in [0.05, 0.1) is 11.4 Å². The van der Waals surface area contributed by atoms with Crippen LogP contribution < -0.4 is 5.32 Å².